The van der Waals surface area contributed by atoms with Crippen molar-refractivity contribution < 1.29 is 9.18 Å². The van der Waals surface area contributed by atoms with Crippen LogP contribution in [-0.4, -0.2) is 24.5 Å². The molecule has 1 N–H and O–H groups in total. The number of nitrogens with zero attached hydrogens (tertiary/aromatic N) is 1. The SMILES string of the molecule is CC(C)(C)NCCC(=O)N1CCc2ccc(F)cc21. The maximum absolute atomic E-state index is 13.3. The maximum Gasteiger partial charge on any atom is 0.228 e. The maximum atomic E-state index is 13.3. The summed E-state index contributed by atoms with van der Waals surface area (Å²) in [6, 6.07) is 4.68. The number of carbonyl (C=O) groups is 1. The van der Waals surface area contributed by atoms with Crippen molar-refractivity contribution in [1.29, 1.82) is 0 Å². The number of nitrogens with one attached hydrogen (secondary N) is 1. The molecule has 1 aliphatic heterocycles. The number of anilines is 1. The van der Waals surface area contributed by atoms with E-state index in [2.05, 4.69) is 26.1 Å². The fraction of sp³-hybridized carbons (Fsp3) is 0.533. The molecule has 0 saturated heterocycles. The zero-order valence-electron chi connectivity index (χ0n) is 11.8. The zero-order valence-corrected chi connectivity index (χ0v) is 11.8. The van der Waals surface area contributed by atoms with Crippen molar-refractivity contribution in [3.63, 3.8) is 0 Å². The number of hydrogen-bond acceptors (Lipinski definition) is 2. The Morgan fingerprint density at radius 2 is 2.16 bits per heavy atom. The van der Waals surface area contributed by atoms with Gasteiger partial charge in [0.25, 0.3) is 0 Å². The number of hydrogen-bond donors (Lipinski definition) is 1. The van der Waals surface area contributed by atoms with E-state index in [0.717, 1.165) is 17.7 Å². The molecule has 1 heterocycles. The van der Waals surface area contributed by atoms with Crippen molar-refractivity contribution in [2.75, 3.05) is 18.0 Å². The van der Waals surface area contributed by atoms with E-state index in [0.29, 0.717) is 19.5 Å². The molecule has 1 aromatic carbocycles. The highest BCUT2D eigenvalue weighted by molar-refractivity contribution is 5.95. The Morgan fingerprint density at radius 1 is 1.42 bits per heavy atom. The minimum Gasteiger partial charge on any atom is -0.312 e. The number of amides is 1. The van der Waals surface area contributed by atoms with E-state index in [1.54, 1.807) is 11.0 Å². The summed E-state index contributed by atoms with van der Waals surface area (Å²) in [6.45, 7) is 7.50. The van der Waals surface area contributed by atoms with Crippen molar-refractivity contribution in [3.05, 3.63) is 29.6 Å². The van der Waals surface area contributed by atoms with Gasteiger partial charge in [-0.05, 0) is 44.9 Å². The minimum absolute atomic E-state index is 0.00923. The smallest absolute Gasteiger partial charge is 0.228 e. The highest BCUT2D eigenvalue weighted by Gasteiger charge is 2.24. The van der Waals surface area contributed by atoms with Crippen LogP contribution in [0.15, 0.2) is 18.2 Å². The number of carbonyl (C=O) groups excluding carboxylic acids is 1. The van der Waals surface area contributed by atoms with E-state index in [1.807, 2.05) is 0 Å². The predicted molar refractivity (Wildman–Crippen MR) is 74.8 cm³/mol. The van der Waals surface area contributed by atoms with Crippen molar-refractivity contribution >= 4 is 11.6 Å². The van der Waals surface area contributed by atoms with Crippen LogP contribution in [0, 0.1) is 5.82 Å². The molecule has 3 nitrogen and oxygen atoms in total. The topological polar surface area (TPSA) is 32.3 Å². The number of halogens is 1. The van der Waals surface area contributed by atoms with Crippen LogP contribution in [0.5, 0.6) is 0 Å². The molecule has 0 saturated carbocycles. The lowest BCUT2D eigenvalue weighted by atomic mass is 10.1. The first kappa shape index (κ1) is 14.0. The van der Waals surface area contributed by atoms with Crippen LogP contribution < -0.4 is 10.2 Å². The second kappa shape index (κ2) is 5.29. The van der Waals surface area contributed by atoms with Gasteiger partial charge in [-0.3, -0.25) is 4.79 Å². The summed E-state index contributed by atoms with van der Waals surface area (Å²) in [6.07, 6.45) is 1.25. The normalized spacial score (nSPS) is 14.6. The fourth-order valence-corrected chi connectivity index (χ4v) is 2.29. The molecule has 0 unspecified atom stereocenters. The van der Waals surface area contributed by atoms with Gasteiger partial charge in [-0.25, -0.2) is 4.39 Å². The van der Waals surface area contributed by atoms with Gasteiger partial charge in [-0.2, -0.15) is 0 Å². The third kappa shape index (κ3) is 3.53. The lowest BCUT2D eigenvalue weighted by molar-refractivity contribution is -0.118. The molecule has 0 radical (unpaired) electrons. The molecule has 0 fully saturated rings. The molecule has 0 aliphatic carbocycles. The van der Waals surface area contributed by atoms with Crippen LogP contribution in [0.4, 0.5) is 10.1 Å². The molecule has 1 amide bonds. The first-order chi connectivity index (χ1) is 8.87. The van der Waals surface area contributed by atoms with Crippen LogP contribution in [0.25, 0.3) is 0 Å². The molecule has 0 aromatic heterocycles. The fourth-order valence-electron chi connectivity index (χ4n) is 2.29. The van der Waals surface area contributed by atoms with Crippen molar-refractivity contribution in [2.24, 2.45) is 0 Å². The number of benzene rings is 1. The molecule has 0 spiro atoms. The standard InChI is InChI=1S/C15H21FN2O/c1-15(2,3)17-8-6-14(19)18-9-7-11-4-5-12(16)10-13(11)18/h4-5,10,17H,6-9H2,1-3H3. The highest BCUT2D eigenvalue weighted by Crippen LogP contribution is 2.29. The van der Waals surface area contributed by atoms with E-state index in [1.165, 1.54) is 12.1 Å². The second-order valence-electron chi connectivity index (χ2n) is 6.00. The Bertz CT molecular complexity index is 480. The third-order valence-electron chi connectivity index (χ3n) is 3.24. The summed E-state index contributed by atoms with van der Waals surface area (Å²) in [4.78, 5) is 13.9. The average Bonchev–Trinajstić information content (AvgIpc) is 2.69. The number of fused-ring (bicyclic) bond motifs is 1. The third-order valence-corrected chi connectivity index (χ3v) is 3.24. The molecule has 1 aromatic rings. The van der Waals surface area contributed by atoms with Gasteiger partial charge in [0.05, 0.1) is 0 Å². The predicted octanol–water partition coefficient (Wildman–Crippen LogP) is 2.49. The van der Waals surface area contributed by atoms with Gasteiger partial charge in [0, 0.05) is 30.7 Å². The molecule has 2 rings (SSSR count). The van der Waals surface area contributed by atoms with Gasteiger partial charge in [0.1, 0.15) is 5.82 Å². The minimum atomic E-state index is -0.286. The van der Waals surface area contributed by atoms with Gasteiger partial charge in [0.2, 0.25) is 5.91 Å². The Morgan fingerprint density at radius 3 is 2.84 bits per heavy atom. The Labute approximate surface area is 113 Å². The van der Waals surface area contributed by atoms with E-state index in [-0.39, 0.29) is 17.3 Å². The largest absolute Gasteiger partial charge is 0.312 e. The highest BCUT2D eigenvalue weighted by atomic mass is 19.1. The summed E-state index contributed by atoms with van der Waals surface area (Å²) in [7, 11) is 0. The van der Waals surface area contributed by atoms with Crippen molar-refractivity contribution in [2.45, 2.75) is 39.2 Å². The first-order valence-corrected chi connectivity index (χ1v) is 6.71. The van der Waals surface area contributed by atoms with Crippen LogP contribution in [0.1, 0.15) is 32.8 Å². The summed E-state index contributed by atoms with van der Waals surface area (Å²) in [5.41, 5.74) is 1.80. The van der Waals surface area contributed by atoms with E-state index in [9.17, 15) is 9.18 Å². The monoisotopic (exact) mass is 264 g/mol. The van der Waals surface area contributed by atoms with Crippen molar-refractivity contribution in [1.82, 2.24) is 5.32 Å². The van der Waals surface area contributed by atoms with Gasteiger partial charge in [0.15, 0.2) is 0 Å². The van der Waals surface area contributed by atoms with Gasteiger partial charge >= 0.3 is 0 Å². The average molecular weight is 264 g/mol. The first-order valence-electron chi connectivity index (χ1n) is 6.71. The molecule has 1 aliphatic rings. The van der Waals surface area contributed by atoms with Gasteiger partial charge < -0.3 is 10.2 Å². The molecule has 0 atom stereocenters. The lowest BCUT2D eigenvalue weighted by Gasteiger charge is -2.22. The zero-order chi connectivity index (χ0) is 14.0. The van der Waals surface area contributed by atoms with Crippen molar-refractivity contribution in [3.8, 4) is 0 Å². The Hall–Kier alpha value is -1.42. The van der Waals surface area contributed by atoms with Gasteiger partial charge in [-0.15, -0.1) is 0 Å². The summed E-state index contributed by atoms with van der Waals surface area (Å²) < 4.78 is 13.3. The quantitative estimate of drug-likeness (QED) is 0.909. The Kier molecular flexibility index (Phi) is 3.90. The second-order valence-corrected chi connectivity index (χ2v) is 6.00. The molecular weight excluding hydrogens is 243 g/mol. The summed E-state index contributed by atoms with van der Waals surface area (Å²) in [5.74, 6) is -0.229. The lowest BCUT2D eigenvalue weighted by Crippen LogP contribution is -2.39. The summed E-state index contributed by atoms with van der Waals surface area (Å²) >= 11 is 0. The molecule has 0 bridgehead atoms. The van der Waals surface area contributed by atoms with Crippen LogP contribution in [-0.2, 0) is 11.2 Å². The van der Waals surface area contributed by atoms with E-state index in [4.69, 9.17) is 0 Å². The van der Waals surface area contributed by atoms with Crippen LogP contribution in [0.3, 0.4) is 0 Å². The van der Waals surface area contributed by atoms with E-state index >= 15 is 0 Å². The van der Waals surface area contributed by atoms with Crippen LogP contribution in [0.2, 0.25) is 0 Å². The Balaban J connectivity index is 1.97. The molecule has 19 heavy (non-hydrogen) atoms. The summed E-state index contributed by atoms with van der Waals surface area (Å²) in [5, 5.41) is 3.29. The van der Waals surface area contributed by atoms with Gasteiger partial charge in [-0.1, -0.05) is 6.07 Å². The number of rotatable bonds is 3. The molecule has 104 valence electrons. The van der Waals surface area contributed by atoms with Crippen LogP contribution >= 0.6 is 0 Å². The van der Waals surface area contributed by atoms with E-state index < -0.39 is 0 Å². The molecule has 4 heteroatoms. The molecular formula is C15H21FN2O.